The Bertz CT molecular complexity index is 991. The van der Waals surface area contributed by atoms with Crippen molar-refractivity contribution in [2.24, 2.45) is 0 Å². The van der Waals surface area contributed by atoms with Crippen LogP contribution in [0.1, 0.15) is 31.9 Å². The fourth-order valence-corrected chi connectivity index (χ4v) is 4.41. The second kappa shape index (κ2) is 9.57. The van der Waals surface area contributed by atoms with E-state index in [4.69, 9.17) is 4.74 Å². The molecule has 0 bridgehead atoms. The zero-order valence-corrected chi connectivity index (χ0v) is 19.1. The molecule has 2 amide bonds. The van der Waals surface area contributed by atoms with Gasteiger partial charge in [0.2, 0.25) is 0 Å². The lowest BCUT2D eigenvalue weighted by atomic mass is 10.0. The average molecular weight is 434 g/mol. The van der Waals surface area contributed by atoms with Crippen molar-refractivity contribution in [3.05, 3.63) is 71.4 Å². The van der Waals surface area contributed by atoms with Gasteiger partial charge in [-0.25, -0.2) is 0 Å². The second-order valence-corrected chi connectivity index (χ2v) is 8.50. The minimum Gasteiger partial charge on any atom is -0.494 e. The standard InChI is InChI=1S/C26H31N3O3/c1-4-32-22-12-10-21(11-13-22)23-24(26(31)29(19(2)3)25(23)30)28-16-14-27(15-17-28)18-20-8-6-5-7-9-20/h5-13,19H,4,14-18H2,1-3H3. The first-order valence-electron chi connectivity index (χ1n) is 11.4. The zero-order valence-electron chi connectivity index (χ0n) is 19.1. The van der Waals surface area contributed by atoms with Crippen molar-refractivity contribution in [2.45, 2.75) is 33.4 Å². The monoisotopic (exact) mass is 433 g/mol. The summed E-state index contributed by atoms with van der Waals surface area (Å²) in [6.07, 6.45) is 0. The zero-order chi connectivity index (χ0) is 22.7. The van der Waals surface area contributed by atoms with Crippen LogP contribution in [-0.4, -0.2) is 65.3 Å². The van der Waals surface area contributed by atoms with Gasteiger partial charge in [0.15, 0.2) is 0 Å². The highest BCUT2D eigenvalue weighted by Gasteiger charge is 2.43. The fourth-order valence-electron chi connectivity index (χ4n) is 4.41. The van der Waals surface area contributed by atoms with Crippen LogP contribution in [0.5, 0.6) is 5.75 Å². The highest BCUT2D eigenvalue weighted by Crippen LogP contribution is 2.34. The lowest BCUT2D eigenvalue weighted by Gasteiger charge is -2.36. The van der Waals surface area contributed by atoms with E-state index in [0.717, 1.165) is 30.9 Å². The van der Waals surface area contributed by atoms with Crippen LogP contribution in [0.15, 0.2) is 60.3 Å². The van der Waals surface area contributed by atoms with Crippen molar-refractivity contribution >= 4 is 17.4 Å². The van der Waals surface area contributed by atoms with E-state index in [-0.39, 0.29) is 17.9 Å². The Morgan fingerprint density at radius 2 is 1.53 bits per heavy atom. The number of piperazine rings is 1. The number of rotatable bonds is 7. The Labute approximate surface area is 190 Å². The molecule has 1 fully saturated rings. The SMILES string of the molecule is CCOc1ccc(C2=C(N3CCN(Cc4ccccc4)CC3)C(=O)N(C(C)C)C2=O)cc1. The number of benzene rings is 2. The molecule has 0 unspecified atom stereocenters. The molecule has 168 valence electrons. The largest absolute Gasteiger partial charge is 0.494 e. The lowest BCUT2D eigenvalue weighted by Crippen LogP contribution is -2.47. The van der Waals surface area contributed by atoms with Crippen LogP contribution in [0.3, 0.4) is 0 Å². The van der Waals surface area contributed by atoms with Crippen LogP contribution >= 0.6 is 0 Å². The van der Waals surface area contributed by atoms with E-state index in [2.05, 4.69) is 34.1 Å². The molecule has 32 heavy (non-hydrogen) atoms. The Kier molecular flexibility index (Phi) is 6.61. The minimum absolute atomic E-state index is 0.189. The smallest absolute Gasteiger partial charge is 0.278 e. The van der Waals surface area contributed by atoms with E-state index in [1.54, 1.807) is 0 Å². The molecule has 4 rings (SSSR count). The second-order valence-electron chi connectivity index (χ2n) is 8.50. The third kappa shape index (κ3) is 4.41. The molecule has 6 heteroatoms. The number of imide groups is 1. The lowest BCUT2D eigenvalue weighted by molar-refractivity contribution is -0.139. The average Bonchev–Trinajstić information content (AvgIpc) is 3.06. The molecule has 2 aliphatic heterocycles. The highest BCUT2D eigenvalue weighted by molar-refractivity contribution is 6.35. The molecule has 2 aliphatic rings. The van der Waals surface area contributed by atoms with Crippen molar-refractivity contribution in [2.75, 3.05) is 32.8 Å². The summed E-state index contributed by atoms with van der Waals surface area (Å²) >= 11 is 0. The molecule has 0 aliphatic carbocycles. The summed E-state index contributed by atoms with van der Waals surface area (Å²) in [6.45, 7) is 10.3. The minimum atomic E-state index is -0.212. The molecule has 0 N–H and O–H groups in total. The fraction of sp³-hybridized carbons (Fsp3) is 0.385. The topological polar surface area (TPSA) is 53.1 Å². The Balaban J connectivity index is 1.58. The van der Waals surface area contributed by atoms with Gasteiger partial charge < -0.3 is 9.64 Å². The summed E-state index contributed by atoms with van der Waals surface area (Å²) in [4.78, 5) is 32.5. The molecule has 2 heterocycles. The summed E-state index contributed by atoms with van der Waals surface area (Å²) in [5.74, 6) is 0.353. The van der Waals surface area contributed by atoms with E-state index < -0.39 is 0 Å². The van der Waals surface area contributed by atoms with Crippen LogP contribution in [0, 0.1) is 0 Å². The summed E-state index contributed by atoms with van der Waals surface area (Å²) in [5.41, 5.74) is 3.08. The normalized spacial score (nSPS) is 17.6. The van der Waals surface area contributed by atoms with Gasteiger partial charge in [-0.15, -0.1) is 0 Å². The molecule has 0 spiro atoms. The van der Waals surface area contributed by atoms with Crippen LogP contribution in [-0.2, 0) is 16.1 Å². The third-order valence-electron chi connectivity index (χ3n) is 6.00. The van der Waals surface area contributed by atoms with Crippen molar-refractivity contribution in [1.29, 1.82) is 0 Å². The number of hydrogen-bond acceptors (Lipinski definition) is 5. The van der Waals surface area contributed by atoms with Gasteiger partial charge in [0, 0.05) is 38.8 Å². The van der Waals surface area contributed by atoms with Crippen molar-refractivity contribution in [3.63, 3.8) is 0 Å². The molecular formula is C26H31N3O3. The quantitative estimate of drug-likeness (QED) is 0.627. The number of carbonyl (C=O) groups excluding carboxylic acids is 2. The molecular weight excluding hydrogens is 402 g/mol. The van der Waals surface area contributed by atoms with Gasteiger partial charge in [0.1, 0.15) is 11.4 Å². The molecule has 6 nitrogen and oxygen atoms in total. The molecule has 2 aromatic rings. The van der Waals surface area contributed by atoms with Crippen LogP contribution in [0.25, 0.3) is 5.57 Å². The van der Waals surface area contributed by atoms with Crippen LogP contribution in [0.4, 0.5) is 0 Å². The summed E-state index contributed by atoms with van der Waals surface area (Å²) in [6, 6.07) is 17.7. The van der Waals surface area contributed by atoms with E-state index in [1.807, 2.05) is 51.1 Å². The van der Waals surface area contributed by atoms with E-state index in [9.17, 15) is 9.59 Å². The van der Waals surface area contributed by atoms with E-state index in [1.165, 1.54) is 10.5 Å². The maximum atomic E-state index is 13.3. The number of hydrogen-bond donors (Lipinski definition) is 0. The van der Waals surface area contributed by atoms with E-state index >= 15 is 0 Å². The first kappa shape index (κ1) is 22.1. The van der Waals surface area contributed by atoms with Crippen molar-refractivity contribution < 1.29 is 14.3 Å². The molecule has 0 atom stereocenters. The van der Waals surface area contributed by atoms with Crippen LogP contribution in [0.2, 0.25) is 0 Å². The van der Waals surface area contributed by atoms with Gasteiger partial charge in [-0.2, -0.15) is 0 Å². The summed E-state index contributed by atoms with van der Waals surface area (Å²) in [7, 11) is 0. The van der Waals surface area contributed by atoms with Gasteiger partial charge in [-0.3, -0.25) is 19.4 Å². The third-order valence-corrected chi connectivity index (χ3v) is 6.00. The number of ether oxygens (including phenoxy) is 1. The predicted octanol–water partition coefficient (Wildman–Crippen LogP) is 3.39. The number of nitrogens with zero attached hydrogens (tertiary/aromatic N) is 3. The maximum Gasteiger partial charge on any atom is 0.278 e. The number of carbonyl (C=O) groups is 2. The first-order valence-corrected chi connectivity index (χ1v) is 11.4. The summed E-state index contributed by atoms with van der Waals surface area (Å²) < 4.78 is 5.54. The van der Waals surface area contributed by atoms with Gasteiger partial charge in [-0.1, -0.05) is 42.5 Å². The Hall–Kier alpha value is -3.12. The molecule has 0 saturated carbocycles. The predicted molar refractivity (Wildman–Crippen MR) is 125 cm³/mol. The van der Waals surface area contributed by atoms with Gasteiger partial charge in [0.05, 0.1) is 12.2 Å². The summed E-state index contributed by atoms with van der Waals surface area (Å²) in [5, 5.41) is 0. The van der Waals surface area contributed by atoms with Crippen molar-refractivity contribution in [3.8, 4) is 5.75 Å². The highest BCUT2D eigenvalue weighted by atomic mass is 16.5. The van der Waals surface area contributed by atoms with Crippen molar-refractivity contribution in [1.82, 2.24) is 14.7 Å². The molecule has 2 aromatic carbocycles. The Morgan fingerprint density at radius 1 is 0.875 bits per heavy atom. The Morgan fingerprint density at radius 3 is 2.12 bits per heavy atom. The maximum absolute atomic E-state index is 13.3. The van der Waals surface area contributed by atoms with E-state index in [0.29, 0.717) is 31.0 Å². The molecule has 0 radical (unpaired) electrons. The molecule has 1 saturated heterocycles. The number of amides is 2. The van der Waals surface area contributed by atoms with Gasteiger partial charge >= 0.3 is 0 Å². The first-order chi connectivity index (χ1) is 15.5. The van der Waals surface area contributed by atoms with Crippen LogP contribution < -0.4 is 4.74 Å². The molecule has 0 aromatic heterocycles. The van der Waals surface area contributed by atoms with Gasteiger partial charge in [-0.05, 0) is 44.0 Å². The van der Waals surface area contributed by atoms with Gasteiger partial charge in [0.25, 0.3) is 11.8 Å².